The van der Waals surface area contributed by atoms with Gasteiger partial charge in [0.15, 0.2) is 0 Å². The third kappa shape index (κ3) is 3.39. The summed E-state index contributed by atoms with van der Waals surface area (Å²) in [6.45, 7) is 9.62. The van der Waals surface area contributed by atoms with Gasteiger partial charge in [0, 0.05) is 24.7 Å². The molecule has 4 unspecified atom stereocenters. The lowest BCUT2D eigenvalue weighted by molar-refractivity contribution is 0.116. The van der Waals surface area contributed by atoms with Gasteiger partial charge in [0.1, 0.15) is 5.82 Å². The number of likely N-dealkylation sites (tertiary alicyclic amines) is 1. The second-order valence-corrected chi connectivity index (χ2v) is 6.51. The molecular formula is C17H27FN2. The van der Waals surface area contributed by atoms with Crippen molar-refractivity contribution in [3.63, 3.8) is 0 Å². The van der Waals surface area contributed by atoms with Gasteiger partial charge in [0.25, 0.3) is 0 Å². The Morgan fingerprint density at radius 3 is 2.70 bits per heavy atom. The minimum absolute atomic E-state index is 0.110. The smallest absolute Gasteiger partial charge is 0.126 e. The van der Waals surface area contributed by atoms with E-state index in [0.717, 1.165) is 18.5 Å². The molecule has 0 bridgehead atoms. The predicted molar refractivity (Wildman–Crippen MR) is 82.3 cm³/mol. The highest BCUT2D eigenvalue weighted by atomic mass is 19.1. The fraction of sp³-hybridized carbons (Fsp3) is 0.647. The quantitative estimate of drug-likeness (QED) is 0.910. The van der Waals surface area contributed by atoms with E-state index < -0.39 is 0 Å². The Labute approximate surface area is 122 Å². The Bertz CT molecular complexity index is 460. The van der Waals surface area contributed by atoms with Crippen LogP contribution in [0.3, 0.4) is 0 Å². The molecule has 0 amide bonds. The first-order valence-corrected chi connectivity index (χ1v) is 7.60. The lowest BCUT2D eigenvalue weighted by Gasteiger charge is -2.41. The summed E-state index contributed by atoms with van der Waals surface area (Å²) in [4.78, 5) is 2.42. The van der Waals surface area contributed by atoms with Gasteiger partial charge >= 0.3 is 0 Å². The van der Waals surface area contributed by atoms with Crippen LogP contribution >= 0.6 is 0 Å². The number of nitrogens with one attached hydrogen (secondary N) is 1. The minimum Gasteiger partial charge on any atom is -0.307 e. The SMILES string of the molecule is Cc1ccc(C(C)NC2CC(C)N(C)CC2C)cc1F. The zero-order valence-electron chi connectivity index (χ0n) is 13.3. The molecule has 0 aromatic heterocycles. The number of aryl methyl sites for hydroxylation is 1. The maximum atomic E-state index is 13.7. The van der Waals surface area contributed by atoms with E-state index in [9.17, 15) is 4.39 Å². The van der Waals surface area contributed by atoms with Gasteiger partial charge in [-0.3, -0.25) is 0 Å². The fourth-order valence-corrected chi connectivity index (χ4v) is 3.07. The number of piperidine rings is 1. The summed E-state index contributed by atoms with van der Waals surface area (Å²) in [7, 11) is 2.19. The number of nitrogens with zero attached hydrogens (tertiary/aromatic N) is 1. The van der Waals surface area contributed by atoms with Crippen molar-refractivity contribution in [2.75, 3.05) is 13.6 Å². The molecule has 1 N–H and O–H groups in total. The molecule has 1 aromatic carbocycles. The summed E-state index contributed by atoms with van der Waals surface area (Å²) < 4.78 is 13.7. The molecule has 20 heavy (non-hydrogen) atoms. The highest BCUT2D eigenvalue weighted by Gasteiger charge is 2.29. The molecule has 1 saturated heterocycles. The molecule has 3 heteroatoms. The molecule has 1 aliphatic heterocycles. The first-order valence-electron chi connectivity index (χ1n) is 7.60. The van der Waals surface area contributed by atoms with Crippen LogP contribution in [0.4, 0.5) is 4.39 Å². The van der Waals surface area contributed by atoms with Crippen molar-refractivity contribution in [3.8, 4) is 0 Å². The first-order chi connectivity index (χ1) is 9.38. The topological polar surface area (TPSA) is 15.3 Å². The molecule has 1 heterocycles. The van der Waals surface area contributed by atoms with E-state index in [1.807, 2.05) is 12.1 Å². The van der Waals surface area contributed by atoms with Crippen LogP contribution in [-0.4, -0.2) is 30.6 Å². The van der Waals surface area contributed by atoms with Crippen LogP contribution in [0.2, 0.25) is 0 Å². The predicted octanol–water partition coefficient (Wildman–Crippen LogP) is 3.51. The van der Waals surface area contributed by atoms with E-state index in [2.05, 4.69) is 38.0 Å². The normalized spacial score (nSPS) is 29.4. The van der Waals surface area contributed by atoms with E-state index in [0.29, 0.717) is 23.6 Å². The summed E-state index contributed by atoms with van der Waals surface area (Å²) in [5.41, 5.74) is 1.74. The third-order valence-electron chi connectivity index (χ3n) is 4.77. The van der Waals surface area contributed by atoms with Gasteiger partial charge < -0.3 is 10.2 Å². The van der Waals surface area contributed by atoms with E-state index >= 15 is 0 Å². The Morgan fingerprint density at radius 2 is 2.05 bits per heavy atom. The van der Waals surface area contributed by atoms with E-state index in [1.165, 1.54) is 0 Å². The van der Waals surface area contributed by atoms with Crippen molar-refractivity contribution in [2.24, 2.45) is 5.92 Å². The van der Waals surface area contributed by atoms with Gasteiger partial charge in [-0.1, -0.05) is 19.1 Å². The number of hydrogen-bond donors (Lipinski definition) is 1. The molecular weight excluding hydrogens is 251 g/mol. The number of halogens is 1. The molecule has 1 fully saturated rings. The van der Waals surface area contributed by atoms with Crippen molar-refractivity contribution in [1.82, 2.24) is 10.2 Å². The maximum absolute atomic E-state index is 13.7. The highest BCUT2D eigenvalue weighted by molar-refractivity contribution is 5.25. The molecule has 1 aromatic rings. The summed E-state index contributed by atoms with van der Waals surface area (Å²) in [5.74, 6) is 0.509. The number of benzene rings is 1. The second-order valence-electron chi connectivity index (χ2n) is 6.51. The zero-order valence-corrected chi connectivity index (χ0v) is 13.3. The van der Waals surface area contributed by atoms with E-state index in [4.69, 9.17) is 0 Å². The van der Waals surface area contributed by atoms with Crippen LogP contribution in [0.25, 0.3) is 0 Å². The van der Waals surface area contributed by atoms with Crippen molar-refractivity contribution < 1.29 is 4.39 Å². The lowest BCUT2D eigenvalue weighted by Crippen LogP contribution is -2.51. The van der Waals surface area contributed by atoms with Crippen molar-refractivity contribution in [3.05, 3.63) is 35.1 Å². The molecule has 0 saturated carbocycles. The van der Waals surface area contributed by atoms with Gasteiger partial charge in [0.05, 0.1) is 0 Å². The van der Waals surface area contributed by atoms with Crippen LogP contribution in [-0.2, 0) is 0 Å². The van der Waals surface area contributed by atoms with E-state index in [1.54, 1.807) is 13.0 Å². The number of hydrogen-bond acceptors (Lipinski definition) is 2. The Hall–Kier alpha value is -0.930. The van der Waals surface area contributed by atoms with Crippen LogP contribution in [0.1, 0.15) is 44.4 Å². The van der Waals surface area contributed by atoms with Crippen LogP contribution in [0.5, 0.6) is 0 Å². The van der Waals surface area contributed by atoms with Crippen molar-refractivity contribution in [1.29, 1.82) is 0 Å². The summed E-state index contributed by atoms with van der Waals surface area (Å²) in [6.07, 6.45) is 1.15. The highest BCUT2D eigenvalue weighted by Crippen LogP contribution is 2.24. The van der Waals surface area contributed by atoms with Crippen LogP contribution in [0, 0.1) is 18.7 Å². The van der Waals surface area contributed by atoms with Gasteiger partial charge in [0.2, 0.25) is 0 Å². The molecule has 4 atom stereocenters. The molecule has 2 nitrogen and oxygen atoms in total. The van der Waals surface area contributed by atoms with Crippen molar-refractivity contribution in [2.45, 2.75) is 52.2 Å². The Morgan fingerprint density at radius 1 is 1.35 bits per heavy atom. The average Bonchev–Trinajstić information content (AvgIpc) is 2.39. The van der Waals surface area contributed by atoms with Crippen molar-refractivity contribution >= 4 is 0 Å². The largest absolute Gasteiger partial charge is 0.307 e. The van der Waals surface area contributed by atoms with E-state index in [-0.39, 0.29) is 11.9 Å². The summed E-state index contributed by atoms with van der Waals surface area (Å²) >= 11 is 0. The first kappa shape index (κ1) is 15.5. The molecule has 0 radical (unpaired) electrons. The zero-order chi connectivity index (χ0) is 14.9. The summed E-state index contributed by atoms with van der Waals surface area (Å²) in [5, 5.41) is 3.69. The second kappa shape index (κ2) is 6.23. The van der Waals surface area contributed by atoms with Crippen LogP contribution in [0.15, 0.2) is 18.2 Å². The fourth-order valence-electron chi connectivity index (χ4n) is 3.07. The minimum atomic E-state index is -0.110. The molecule has 2 rings (SSSR count). The Balaban J connectivity index is 2.03. The molecule has 0 aliphatic carbocycles. The molecule has 0 spiro atoms. The Kier molecular flexibility index (Phi) is 4.82. The van der Waals surface area contributed by atoms with Gasteiger partial charge in [-0.15, -0.1) is 0 Å². The standard InChI is InChI=1S/C17H27FN2/c1-11-6-7-15(9-16(11)18)14(4)19-17-8-13(3)20(5)10-12(17)2/h6-7,9,12-14,17,19H,8,10H2,1-5H3. The lowest BCUT2D eigenvalue weighted by atomic mass is 9.89. The third-order valence-corrected chi connectivity index (χ3v) is 4.77. The van der Waals surface area contributed by atoms with Gasteiger partial charge in [-0.05, 0) is 57.4 Å². The monoisotopic (exact) mass is 278 g/mol. The van der Waals surface area contributed by atoms with Gasteiger partial charge in [-0.2, -0.15) is 0 Å². The van der Waals surface area contributed by atoms with Crippen LogP contribution < -0.4 is 5.32 Å². The average molecular weight is 278 g/mol. The van der Waals surface area contributed by atoms with Gasteiger partial charge in [-0.25, -0.2) is 4.39 Å². The summed E-state index contributed by atoms with van der Waals surface area (Å²) in [6, 6.07) is 6.85. The maximum Gasteiger partial charge on any atom is 0.126 e. The molecule has 112 valence electrons. The number of rotatable bonds is 3. The molecule has 1 aliphatic rings.